The monoisotopic (exact) mass is 505 g/mol. The molecule has 0 atom stereocenters. The molecule has 0 aliphatic heterocycles. The zero-order valence-corrected chi connectivity index (χ0v) is 10.6. The molecule has 6 heavy (non-hydrogen) atoms. The molecule has 0 unspecified atom stereocenters. The van der Waals surface area contributed by atoms with Gasteiger partial charge in [0.1, 0.15) is 0 Å². The Labute approximate surface area is 115 Å². The standard InChI is InChI=1S/Ce.Er.3FH.Nd/h;;3*1H;/q+3;;;;;/p-3. The van der Waals surface area contributed by atoms with E-state index in [1.165, 1.54) is 0 Å². The van der Waals surface area contributed by atoms with E-state index in [0.29, 0.717) is 0 Å². The topological polar surface area (TPSA) is 0 Å². The minimum atomic E-state index is -5.16. The van der Waals surface area contributed by atoms with Gasteiger partial charge in [0.15, 0.2) is 0 Å². The number of halogens is 3. The Morgan fingerprint density at radius 1 is 1.00 bits per heavy atom. The fourth-order valence-corrected chi connectivity index (χ4v) is 0. The van der Waals surface area contributed by atoms with Crippen LogP contribution >= 0.6 is 0 Å². The van der Waals surface area contributed by atoms with E-state index in [1.807, 2.05) is 0 Å². The Balaban J connectivity index is -0.0000000450. The van der Waals surface area contributed by atoms with Gasteiger partial charge in [0.2, 0.25) is 0 Å². The summed E-state index contributed by atoms with van der Waals surface area (Å²) in [4.78, 5) is 0. The summed E-state index contributed by atoms with van der Waals surface area (Å²) >= 11 is -5.16. The molecule has 0 spiro atoms. The van der Waals surface area contributed by atoms with Gasteiger partial charge in [-0.2, -0.15) is 0 Å². The van der Waals surface area contributed by atoms with E-state index in [1.54, 1.807) is 0 Å². The van der Waals surface area contributed by atoms with Gasteiger partial charge in [-0.3, -0.25) is 0 Å². The second-order valence-corrected chi connectivity index (χ2v) is 1.56. The predicted molar refractivity (Wildman–Crippen MR) is 3.32 cm³/mol. The van der Waals surface area contributed by atoms with Crippen molar-refractivity contribution in [2.45, 2.75) is 0 Å². The fourth-order valence-electron chi connectivity index (χ4n) is 0. The third-order valence-corrected chi connectivity index (χ3v) is 0. The van der Waals surface area contributed by atoms with Gasteiger partial charge >= 0.3 is 40.7 Å². The fraction of sp³-hybridized carbons (Fsp3) is 0. The first-order valence-corrected chi connectivity index (χ1v) is 4.13. The van der Waals surface area contributed by atoms with Crippen LogP contribution in [-0.2, 0) is 0 Å². The zero-order chi connectivity index (χ0) is 3.58. The molecule has 6 heteroatoms. The van der Waals surface area contributed by atoms with E-state index in [0.717, 1.165) is 0 Å². The van der Waals surface area contributed by atoms with Gasteiger partial charge in [-0.15, -0.1) is 0 Å². The molecule has 41 valence electrons. The molecule has 0 nitrogen and oxygen atoms in total. The zero-order valence-electron chi connectivity index (χ0n) is 2.42. The molecule has 0 aromatic rings. The molecule has 0 N–H and O–H groups in total. The molecule has 0 amide bonds. The van der Waals surface area contributed by atoms with Gasteiger partial charge in [-0.25, -0.2) is 0 Å². The van der Waals surface area contributed by atoms with Crippen LogP contribution in [0.4, 0.5) is 2.73 Å². The normalized spacial score (nSPS) is 4.50. The molecule has 0 rings (SSSR count). The van der Waals surface area contributed by atoms with Crippen LogP contribution in [0, 0.1) is 116 Å². The second kappa shape index (κ2) is 11.5. The van der Waals surface area contributed by atoms with Crippen molar-refractivity contribution >= 4 is 0 Å². The van der Waals surface area contributed by atoms with E-state index < -0.39 is 37.9 Å². The molecule has 0 aliphatic rings. The molecule has 0 aliphatic carbocycles. The van der Waals surface area contributed by atoms with E-state index in [-0.39, 0.29) is 78.1 Å². The Hall–Kier alpha value is 3.76. The smallest absolute Gasteiger partial charge is 0 e. The average molecular weight is 509 g/mol. The maximum atomic E-state index is 9.88. The molecular formula is CeErF3Nd. The minimum absolute atomic E-state index is 0. The minimum Gasteiger partial charge on any atom is 0 e. The molecule has 0 aromatic heterocycles. The molecule has 0 radical (unpaired) electrons. The van der Waals surface area contributed by atoms with Crippen molar-refractivity contribution in [2.24, 2.45) is 0 Å². The van der Waals surface area contributed by atoms with Crippen LogP contribution in [-0.4, -0.2) is 0 Å². The van der Waals surface area contributed by atoms with Crippen LogP contribution in [0.15, 0.2) is 0 Å². The first kappa shape index (κ1) is 16.4. The average Bonchev–Trinajstić information content (AvgIpc) is 0.811. The van der Waals surface area contributed by atoms with E-state index in [4.69, 9.17) is 0 Å². The summed E-state index contributed by atoms with van der Waals surface area (Å²) in [6.45, 7) is 0. The maximum absolute atomic E-state index is 9.88. The van der Waals surface area contributed by atoms with E-state index in [9.17, 15) is 2.73 Å². The number of hydrogen-bond donors (Lipinski definition) is 0. The molecule has 0 saturated heterocycles. The van der Waals surface area contributed by atoms with Crippen LogP contribution < -0.4 is 0 Å². The molecular weight excluding hydrogens is 509 g/mol. The van der Waals surface area contributed by atoms with Gasteiger partial charge in [0.25, 0.3) is 0 Å². The van der Waals surface area contributed by atoms with Crippen LogP contribution in [0.25, 0.3) is 0 Å². The molecule has 0 aromatic carbocycles. The Morgan fingerprint density at radius 3 is 1.00 bits per heavy atom. The third kappa shape index (κ3) is 25.1. The molecule has 0 heterocycles. The van der Waals surface area contributed by atoms with Crippen LogP contribution in [0.1, 0.15) is 0 Å². The van der Waals surface area contributed by atoms with Crippen molar-refractivity contribution in [1.29, 1.82) is 0 Å². The largest absolute Gasteiger partial charge is 0 e. The first-order chi connectivity index (χ1) is 1.73. The summed E-state index contributed by atoms with van der Waals surface area (Å²) < 4.78 is 29.6. The van der Waals surface area contributed by atoms with Crippen LogP contribution in [0.3, 0.4) is 0 Å². The summed E-state index contributed by atoms with van der Waals surface area (Å²) in [6.07, 6.45) is 0. The molecule has 0 fully saturated rings. The predicted octanol–water partition coefficient (Wildman–Crippen LogP) is 1.26. The van der Waals surface area contributed by atoms with Crippen molar-refractivity contribution in [2.75, 3.05) is 0 Å². The Bertz CT molecular complexity index is 15.5. The van der Waals surface area contributed by atoms with Crippen LogP contribution in [0.2, 0.25) is 0 Å². The van der Waals surface area contributed by atoms with E-state index in [2.05, 4.69) is 0 Å². The summed E-state index contributed by atoms with van der Waals surface area (Å²) in [5, 5.41) is 0. The first-order valence-electron chi connectivity index (χ1n) is 0.567. The van der Waals surface area contributed by atoms with Crippen molar-refractivity contribution in [3.05, 3.63) is 0 Å². The van der Waals surface area contributed by atoms with Crippen LogP contribution in [0.5, 0.6) is 0 Å². The van der Waals surface area contributed by atoms with Gasteiger partial charge in [0.05, 0.1) is 0 Å². The van der Waals surface area contributed by atoms with Crippen molar-refractivity contribution in [3.63, 3.8) is 0 Å². The van der Waals surface area contributed by atoms with Crippen molar-refractivity contribution in [3.8, 4) is 0 Å². The summed E-state index contributed by atoms with van der Waals surface area (Å²) in [5.74, 6) is 0. The SMILES string of the molecule is [Er].[F][Ce]([F])[F].[Nd]. The number of rotatable bonds is 0. The number of hydrogen-bond acceptors (Lipinski definition) is 0. The third-order valence-electron chi connectivity index (χ3n) is 0. The Morgan fingerprint density at radius 2 is 1.00 bits per heavy atom. The van der Waals surface area contributed by atoms with Crippen molar-refractivity contribution < 1.29 is 119 Å². The summed E-state index contributed by atoms with van der Waals surface area (Å²) in [6, 6.07) is 0. The van der Waals surface area contributed by atoms with Gasteiger partial charge in [-0.05, 0) is 0 Å². The van der Waals surface area contributed by atoms with Gasteiger partial charge < -0.3 is 0 Å². The molecule has 0 bridgehead atoms. The van der Waals surface area contributed by atoms with Gasteiger partial charge in [-0.1, -0.05) is 0 Å². The summed E-state index contributed by atoms with van der Waals surface area (Å²) in [5.41, 5.74) is 0. The van der Waals surface area contributed by atoms with E-state index >= 15 is 0 Å². The second-order valence-electron chi connectivity index (χ2n) is 0.214. The van der Waals surface area contributed by atoms with Gasteiger partial charge in [0, 0.05) is 78.1 Å². The molecule has 0 saturated carbocycles. The maximum Gasteiger partial charge on any atom is 0 e. The summed E-state index contributed by atoms with van der Waals surface area (Å²) in [7, 11) is 0. The quantitative estimate of drug-likeness (QED) is 0.463. The Kier molecular flexibility index (Phi) is 31.5. The van der Waals surface area contributed by atoms with Crippen molar-refractivity contribution in [1.82, 2.24) is 0 Å².